The quantitative estimate of drug-likeness (QED) is 0.345. The summed E-state index contributed by atoms with van der Waals surface area (Å²) in [6, 6.07) is 0. The van der Waals surface area contributed by atoms with Crippen molar-refractivity contribution in [3.05, 3.63) is 0 Å². The molecule has 1 rings (SSSR count). The number of hydrogen-bond donors (Lipinski definition) is 0. The summed E-state index contributed by atoms with van der Waals surface area (Å²) in [7, 11) is -1.27. The van der Waals surface area contributed by atoms with E-state index in [1.807, 2.05) is 0 Å². The molecule has 0 N–H and O–H groups in total. The molecule has 0 spiro atoms. The minimum atomic E-state index is -1.39. The molecule has 1 aliphatic rings. The van der Waals surface area contributed by atoms with Gasteiger partial charge in [0.25, 0.3) is 5.06 Å². The van der Waals surface area contributed by atoms with Crippen LogP contribution in [0.4, 0.5) is 0 Å². The number of carbonyl (C=O) groups excluding carboxylic acids is 1. The summed E-state index contributed by atoms with van der Waals surface area (Å²) in [4.78, 5) is 12.1. The summed E-state index contributed by atoms with van der Waals surface area (Å²) < 4.78 is 16.8. The Bertz CT molecular complexity index is 372. The van der Waals surface area contributed by atoms with Gasteiger partial charge in [0, 0.05) is 0 Å². The molecule has 0 aromatic heterocycles. The van der Waals surface area contributed by atoms with E-state index in [2.05, 4.69) is 33.9 Å². The van der Waals surface area contributed by atoms with Gasteiger partial charge in [0.1, 0.15) is 11.7 Å². The van der Waals surface area contributed by atoms with Crippen molar-refractivity contribution in [3.63, 3.8) is 0 Å². The molecule has 3 unspecified atom stereocenters. The van der Waals surface area contributed by atoms with E-state index in [0.717, 1.165) is 0 Å². The first-order valence-corrected chi connectivity index (χ1v) is 10.2. The maximum atomic E-state index is 12.1. The first kappa shape index (κ1) is 17.9. The second kappa shape index (κ2) is 5.59. The van der Waals surface area contributed by atoms with Crippen LogP contribution in [0.3, 0.4) is 0 Å². The van der Waals surface area contributed by atoms with Crippen LogP contribution in [0, 0.1) is 5.41 Å². The Hall–Kier alpha value is -0.103. The largest absolute Gasteiger partial charge is 0.457 e. The van der Waals surface area contributed by atoms with E-state index >= 15 is 0 Å². The van der Waals surface area contributed by atoms with E-state index in [-0.39, 0.29) is 11.5 Å². The zero-order valence-corrected chi connectivity index (χ0v) is 15.7. The van der Waals surface area contributed by atoms with Gasteiger partial charge >= 0.3 is 5.97 Å². The van der Waals surface area contributed by atoms with Gasteiger partial charge in [0.15, 0.2) is 9.04 Å². The normalized spacial score (nSPS) is 28.4. The highest BCUT2D eigenvalue weighted by atomic mass is 35.5. The molecule has 20 heavy (non-hydrogen) atoms. The zero-order valence-electron chi connectivity index (χ0n) is 13.7. The monoisotopic (exact) mass is 322 g/mol. The van der Waals surface area contributed by atoms with Crippen LogP contribution in [0.15, 0.2) is 0 Å². The molecule has 0 saturated carbocycles. The van der Waals surface area contributed by atoms with Crippen molar-refractivity contribution in [1.29, 1.82) is 0 Å². The number of hydrogen-bond acceptors (Lipinski definition) is 4. The van der Waals surface area contributed by atoms with E-state index in [0.29, 0.717) is 0 Å². The number of rotatable bonds is 4. The van der Waals surface area contributed by atoms with Gasteiger partial charge in [0.05, 0.1) is 6.10 Å². The Balaban J connectivity index is 2.81. The third kappa shape index (κ3) is 4.45. The second-order valence-electron chi connectivity index (χ2n) is 7.66. The summed E-state index contributed by atoms with van der Waals surface area (Å²) in [5.74, 6) is -0.528. The molecule has 0 bridgehead atoms. The maximum Gasteiger partial charge on any atom is 0.357 e. The van der Waals surface area contributed by atoms with Crippen LogP contribution in [0.2, 0.25) is 13.1 Å². The van der Waals surface area contributed by atoms with Gasteiger partial charge in [-0.2, -0.15) is 0 Å². The van der Waals surface area contributed by atoms with Crippen LogP contribution < -0.4 is 0 Å². The highest BCUT2D eigenvalue weighted by Gasteiger charge is 2.68. The van der Waals surface area contributed by atoms with E-state index < -0.39 is 31.8 Å². The Kier molecular flexibility index (Phi) is 5.02. The first-order chi connectivity index (χ1) is 8.77. The van der Waals surface area contributed by atoms with Crippen LogP contribution in [0.25, 0.3) is 0 Å². The van der Waals surface area contributed by atoms with Crippen LogP contribution in [-0.4, -0.2) is 37.9 Å². The van der Waals surface area contributed by atoms with Crippen molar-refractivity contribution in [3.8, 4) is 0 Å². The Morgan fingerprint density at radius 1 is 1.25 bits per heavy atom. The number of epoxide rings is 1. The molecule has 4 nitrogen and oxygen atoms in total. The molecule has 6 heteroatoms. The topological polar surface area (TPSA) is 48.1 Å². The van der Waals surface area contributed by atoms with Crippen molar-refractivity contribution < 1.29 is 18.7 Å². The molecule has 0 aromatic rings. The van der Waals surface area contributed by atoms with Gasteiger partial charge in [-0.25, -0.2) is 4.79 Å². The fourth-order valence-corrected chi connectivity index (χ4v) is 3.33. The van der Waals surface area contributed by atoms with Crippen molar-refractivity contribution in [2.45, 2.75) is 77.5 Å². The molecule has 0 aromatic carbocycles. The van der Waals surface area contributed by atoms with Gasteiger partial charge in [-0.1, -0.05) is 32.4 Å². The number of esters is 1. The molecule has 1 heterocycles. The average molecular weight is 323 g/mol. The van der Waals surface area contributed by atoms with E-state index in [1.54, 1.807) is 20.8 Å². The highest BCUT2D eigenvalue weighted by molar-refractivity contribution is 6.48. The Labute approximate surface area is 128 Å². The highest BCUT2D eigenvalue weighted by Crippen LogP contribution is 2.49. The summed E-state index contributed by atoms with van der Waals surface area (Å²) >= 11 is 6.29. The van der Waals surface area contributed by atoms with Gasteiger partial charge in [-0.3, -0.25) is 0 Å². The lowest BCUT2D eigenvalue weighted by molar-refractivity contribution is -0.158. The average Bonchev–Trinajstić information content (AvgIpc) is 2.84. The predicted octanol–water partition coefficient (Wildman–Crippen LogP) is 3.08. The molecule has 1 fully saturated rings. The van der Waals surface area contributed by atoms with Crippen molar-refractivity contribution in [2.24, 2.45) is 5.41 Å². The van der Waals surface area contributed by atoms with Crippen molar-refractivity contribution >= 4 is 26.6 Å². The molecule has 1 saturated heterocycles. The van der Waals surface area contributed by atoms with E-state index in [4.69, 9.17) is 25.5 Å². The smallest absolute Gasteiger partial charge is 0.357 e. The molecule has 3 atom stereocenters. The third-order valence-electron chi connectivity index (χ3n) is 2.83. The van der Waals surface area contributed by atoms with Crippen LogP contribution in [0.1, 0.15) is 41.5 Å². The Morgan fingerprint density at radius 3 is 2.10 bits per heavy atom. The minimum Gasteiger partial charge on any atom is -0.457 e. The summed E-state index contributed by atoms with van der Waals surface area (Å²) in [5, 5.41) is -1.39. The van der Waals surface area contributed by atoms with Gasteiger partial charge < -0.3 is 13.9 Å². The molecular weight excluding hydrogens is 296 g/mol. The van der Waals surface area contributed by atoms with Gasteiger partial charge in [-0.05, 0) is 39.3 Å². The lowest BCUT2D eigenvalue weighted by Crippen LogP contribution is -2.42. The molecule has 0 amide bonds. The standard InChI is InChI=1S/C14H27ClO4Si/c1-12(2,3)9(19-20(7)8)10-14(15,17-10)11(16)18-13(4,5)6/h9-10,20H,1-8H3. The number of alkyl halides is 1. The summed E-state index contributed by atoms with van der Waals surface area (Å²) in [6.07, 6.45) is -0.659. The first-order valence-electron chi connectivity index (χ1n) is 7.03. The summed E-state index contributed by atoms with van der Waals surface area (Å²) in [6.45, 7) is 15.8. The predicted molar refractivity (Wildman–Crippen MR) is 82.5 cm³/mol. The van der Waals surface area contributed by atoms with Gasteiger partial charge in [-0.15, -0.1) is 0 Å². The van der Waals surface area contributed by atoms with Crippen LogP contribution in [0.5, 0.6) is 0 Å². The fourth-order valence-electron chi connectivity index (χ4n) is 1.94. The lowest BCUT2D eigenvalue weighted by atomic mass is 9.86. The number of ether oxygens (including phenoxy) is 2. The zero-order chi connectivity index (χ0) is 15.9. The van der Waals surface area contributed by atoms with E-state index in [1.165, 1.54) is 0 Å². The Morgan fingerprint density at radius 2 is 1.75 bits per heavy atom. The maximum absolute atomic E-state index is 12.1. The molecule has 118 valence electrons. The lowest BCUT2D eigenvalue weighted by Gasteiger charge is -2.32. The molecule has 1 aliphatic heterocycles. The molecule has 0 radical (unpaired) electrons. The number of carbonyl (C=O) groups is 1. The van der Waals surface area contributed by atoms with Crippen LogP contribution >= 0.6 is 11.6 Å². The second-order valence-corrected chi connectivity index (χ2v) is 10.6. The SMILES string of the molecule is C[SiH](C)OC(C1OC1(Cl)C(=O)OC(C)(C)C)C(C)(C)C. The van der Waals surface area contributed by atoms with E-state index in [9.17, 15) is 4.79 Å². The summed E-state index contributed by atoms with van der Waals surface area (Å²) in [5.41, 5.74) is -0.735. The fraction of sp³-hybridized carbons (Fsp3) is 0.929. The molecule has 0 aliphatic carbocycles. The van der Waals surface area contributed by atoms with Crippen molar-refractivity contribution in [1.82, 2.24) is 0 Å². The third-order valence-corrected chi connectivity index (χ3v) is 4.13. The minimum absolute atomic E-state index is 0.152. The molecular formula is C14H27ClO4Si. The number of halogens is 1. The van der Waals surface area contributed by atoms with Crippen LogP contribution in [-0.2, 0) is 18.7 Å². The van der Waals surface area contributed by atoms with Gasteiger partial charge in [0.2, 0.25) is 0 Å². The van der Waals surface area contributed by atoms with Crippen molar-refractivity contribution in [2.75, 3.05) is 0 Å².